The van der Waals surface area contributed by atoms with Gasteiger partial charge in [-0.15, -0.1) is 0 Å². The summed E-state index contributed by atoms with van der Waals surface area (Å²) in [6.07, 6.45) is 1.43. The molecule has 0 amide bonds. The van der Waals surface area contributed by atoms with E-state index in [4.69, 9.17) is 25.7 Å². The van der Waals surface area contributed by atoms with Crippen LogP contribution < -0.4 is 31.1 Å². The van der Waals surface area contributed by atoms with E-state index in [1.165, 1.54) is 6.07 Å². The Hall–Kier alpha value is -2.73. The maximum Gasteiger partial charge on any atom is 0.203 e. The maximum atomic E-state index is 12.2. The third-order valence-corrected chi connectivity index (χ3v) is 4.62. The maximum absolute atomic E-state index is 12.2. The van der Waals surface area contributed by atoms with Crippen molar-refractivity contribution in [1.29, 1.82) is 0 Å². The molecule has 25 heavy (non-hydrogen) atoms. The first-order valence-electron chi connectivity index (χ1n) is 8.03. The second kappa shape index (κ2) is 6.64. The molecule has 0 bridgehead atoms. The number of anilines is 1. The lowest BCUT2D eigenvalue weighted by molar-refractivity contribution is 0.324. The molecule has 132 valence electrons. The Balaban J connectivity index is 2.45. The van der Waals surface area contributed by atoms with Crippen LogP contribution >= 0.6 is 0 Å². The van der Waals surface area contributed by atoms with Crippen molar-refractivity contribution >= 4 is 5.69 Å². The van der Waals surface area contributed by atoms with Crippen molar-refractivity contribution in [2.75, 3.05) is 27.1 Å². The van der Waals surface area contributed by atoms with Gasteiger partial charge in [0.25, 0.3) is 0 Å². The lowest BCUT2D eigenvalue weighted by Crippen LogP contribution is -2.12. The molecule has 0 fully saturated rings. The molecule has 4 N–H and O–H groups in total. The quantitative estimate of drug-likeness (QED) is 0.888. The van der Waals surface area contributed by atoms with Crippen LogP contribution in [-0.4, -0.2) is 21.3 Å². The minimum atomic E-state index is -0.274. The summed E-state index contributed by atoms with van der Waals surface area (Å²) in [7, 11) is 4.73. The zero-order chi connectivity index (χ0) is 18.1. The summed E-state index contributed by atoms with van der Waals surface area (Å²) in [6, 6.07) is 6.63. The number of nitrogen functional groups attached to an aromatic ring is 1. The van der Waals surface area contributed by atoms with Crippen LogP contribution in [0.3, 0.4) is 0 Å². The SMILES string of the molecule is COc1cc2c(c(OC)c1OC)-c1ccc(N)c(=O)cc1[C@H](N)CC2. The predicted octanol–water partition coefficient (Wildman–Crippen LogP) is 2.27. The number of rotatable bonds is 3. The van der Waals surface area contributed by atoms with Gasteiger partial charge in [0.2, 0.25) is 11.2 Å². The summed E-state index contributed by atoms with van der Waals surface area (Å²) in [6.45, 7) is 0. The van der Waals surface area contributed by atoms with Crippen LogP contribution in [0, 0.1) is 0 Å². The Morgan fingerprint density at radius 3 is 2.40 bits per heavy atom. The average molecular weight is 342 g/mol. The largest absolute Gasteiger partial charge is 0.493 e. The van der Waals surface area contributed by atoms with Gasteiger partial charge in [-0.2, -0.15) is 0 Å². The second-order valence-electron chi connectivity index (χ2n) is 5.99. The number of benzene rings is 1. The van der Waals surface area contributed by atoms with Crippen LogP contribution in [0.2, 0.25) is 0 Å². The Kier molecular flexibility index (Phi) is 4.55. The third-order valence-electron chi connectivity index (χ3n) is 4.62. The van der Waals surface area contributed by atoms with Crippen LogP contribution in [0.15, 0.2) is 29.1 Å². The van der Waals surface area contributed by atoms with Crippen molar-refractivity contribution in [2.45, 2.75) is 18.9 Å². The second-order valence-corrected chi connectivity index (χ2v) is 5.99. The highest BCUT2D eigenvalue weighted by molar-refractivity contribution is 5.82. The number of hydrogen-bond donors (Lipinski definition) is 2. The topological polar surface area (TPSA) is 96.8 Å². The molecule has 0 saturated carbocycles. The Morgan fingerprint density at radius 2 is 1.76 bits per heavy atom. The minimum Gasteiger partial charge on any atom is -0.493 e. The monoisotopic (exact) mass is 342 g/mol. The van der Waals surface area contributed by atoms with Crippen molar-refractivity contribution in [3.8, 4) is 28.4 Å². The summed E-state index contributed by atoms with van der Waals surface area (Å²) < 4.78 is 16.6. The van der Waals surface area contributed by atoms with Crippen molar-refractivity contribution in [1.82, 2.24) is 0 Å². The van der Waals surface area contributed by atoms with Crippen LogP contribution in [0.25, 0.3) is 11.1 Å². The van der Waals surface area contributed by atoms with Gasteiger partial charge in [0, 0.05) is 11.6 Å². The van der Waals surface area contributed by atoms with Crippen LogP contribution in [0.4, 0.5) is 5.69 Å². The van der Waals surface area contributed by atoms with E-state index in [1.807, 2.05) is 12.1 Å². The molecule has 0 unspecified atom stereocenters. The summed E-state index contributed by atoms with van der Waals surface area (Å²) in [5.74, 6) is 1.66. The normalized spacial score (nSPS) is 15.6. The molecule has 1 atom stereocenters. The molecule has 1 aliphatic rings. The number of fused-ring (bicyclic) bond motifs is 3. The Morgan fingerprint density at radius 1 is 1.04 bits per heavy atom. The first kappa shape index (κ1) is 17.1. The lowest BCUT2D eigenvalue weighted by Gasteiger charge is -2.19. The highest BCUT2D eigenvalue weighted by atomic mass is 16.5. The zero-order valence-corrected chi connectivity index (χ0v) is 14.6. The number of hydrogen-bond acceptors (Lipinski definition) is 6. The fourth-order valence-electron chi connectivity index (χ4n) is 3.35. The molecule has 0 radical (unpaired) electrons. The molecule has 3 rings (SSSR count). The average Bonchev–Trinajstić information content (AvgIpc) is 2.84. The molecular formula is C19H22N2O4. The molecule has 0 spiro atoms. The van der Waals surface area contributed by atoms with Gasteiger partial charge in [0.15, 0.2) is 11.5 Å². The smallest absolute Gasteiger partial charge is 0.203 e. The number of aryl methyl sites for hydroxylation is 1. The number of methoxy groups -OCH3 is 3. The zero-order valence-electron chi connectivity index (χ0n) is 14.6. The van der Waals surface area contributed by atoms with Crippen LogP contribution in [0.5, 0.6) is 17.2 Å². The van der Waals surface area contributed by atoms with E-state index in [1.54, 1.807) is 27.4 Å². The van der Waals surface area contributed by atoms with Crippen molar-refractivity contribution in [3.63, 3.8) is 0 Å². The predicted molar refractivity (Wildman–Crippen MR) is 97.5 cm³/mol. The first-order chi connectivity index (χ1) is 12.0. The van der Waals surface area contributed by atoms with Gasteiger partial charge in [0.1, 0.15) is 0 Å². The van der Waals surface area contributed by atoms with Gasteiger partial charge in [-0.05, 0) is 47.7 Å². The van der Waals surface area contributed by atoms with E-state index in [9.17, 15) is 4.79 Å². The highest BCUT2D eigenvalue weighted by Crippen LogP contribution is 2.49. The van der Waals surface area contributed by atoms with E-state index in [0.717, 1.165) is 28.7 Å². The summed E-state index contributed by atoms with van der Waals surface area (Å²) in [4.78, 5) is 12.2. The summed E-state index contributed by atoms with van der Waals surface area (Å²) in [5, 5.41) is 0. The molecular weight excluding hydrogens is 320 g/mol. The van der Waals surface area contributed by atoms with Crippen LogP contribution in [-0.2, 0) is 6.42 Å². The van der Waals surface area contributed by atoms with Gasteiger partial charge < -0.3 is 25.7 Å². The van der Waals surface area contributed by atoms with E-state index >= 15 is 0 Å². The standard InChI is InChI=1S/C19H22N2O4/c1-23-16-8-10-4-6-13(20)12-9-15(22)14(21)7-5-11(12)17(10)19(25-3)18(16)24-2/h5,7-9,13H,4,6,20H2,1-3H3,(H2,21,22)/t13-/m1/s1. The molecule has 1 aliphatic carbocycles. The molecule has 0 heterocycles. The molecule has 0 aliphatic heterocycles. The molecule has 2 aromatic carbocycles. The first-order valence-corrected chi connectivity index (χ1v) is 8.03. The number of ether oxygens (including phenoxy) is 3. The Bertz CT molecular complexity index is 880. The number of nitrogens with two attached hydrogens (primary N) is 2. The molecule has 6 nitrogen and oxygen atoms in total. The fourth-order valence-corrected chi connectivity index (χ4v) is 3.35. The van der Waals surface area contributed by atoms with Crippen molar-refractivity contribution < 1.29 is 14.2 Å². The summed E-state index contributed by atoms with van der Waals surface area (Å²) >= 11 is 0. The van der Waals surface area contributed by atoms with E-state index in [2.05, 4.69) is 0 Å². The van der Waals surface area contributed by atoms with Gasteiger partial charge in [-0.1, -0.05) is 6.07 Å². The van der Waals surface area contributed by atoms with Gasteiger partial charge in [-0.3, -0.25) is 4.79 Å². The van der Waals surface area contributed by atoms with Crippen molar-refractivity contribution in [2.24, 2.45) is 5.73 Å². The van der Waals surface area contributed by atoms with Crippen LogP contribution in [0.1, 0.15) is 23.6 Å². The van der Waals surface area contributed by atoms with E-state index in [-0.39, 0.29) is 17.2 Å². The van der Waals surface area contributed by atoms with Gasteiger partial charge in [-0.25, -0.2) is 0 Å². The van der Waals surface area contributed by atoms with Crippen molar-refractivity contribution in [3.05, 3.63) is 45.6 Å². The van der Waals surface area contributed by atoms with Gasteiger partial charge >= 0.3 is 0 Å². The van der Waals surface area contributed by atoms with E-state index < -0.39 is 0 Å². The molecule has 2 aromatic rings. The molecule has 6 heteroatoms. The van der Waals surface area contributed by atoms with E-state index in [0.29, 0.717) is 23.7 Å². The Labute approximate surface area is 146 Å². The molecule has 0 saturated heterocycles. The summed E-state index contributed by atoms with van der Waals surface area (Å²) in [5.41, 5.74) is 15.6. The lowest BCUT2D eigenvalue weighted by atomic mass is 9.95. The third kappa shape index (κ3) is 2.78. The highest BCUT2D eigenvalue weighted by Gasteiger charge is 2.27. The molecule has 0 aromatic heterocycles. The fraction of sp³-hybridized carbons (Fsp3) is 0.316. The minimum absolute atomic E-state index is 0.182. The van der Waals surface area contributed by atoms with Gasteiger partial charge in [0.05, 0.1) is 27.0 Å².